The molecule has 1 atom stereocenters. The van der Waals surface area contributed by atoms with Crippen LogP contribution in [0.4, 0.5) is 5.82 Å². The van der Waals surface area contributed by atoms with Gasteiger partial charge in [0.05, 0.1) is 18.0 Å². The molecule has 6 heteroatoms. The van der Waals surface area contributed by atoms with Gasteiger partial charge in [-0.05, 0) is 36.8 Å². The first-order valence-electron chi connectivity index (χ1n) is 9.16. The number of benzene rings is 1. The molecule has 0 amide bonds. The lowest BCUT2D eigenvalue weighted by Crippen LogP contribution is -2.12. The van der Waals surface area contributed by atoms with Gasteiger partial charge in [-0.15, -0.1) is 0 Å². The first-order valence-corrected chi connectivity index (χ1v) is 9.16. The number of rotatable bonds is 6. The second-order valence-electron chi connectivity index (χ2n) is 6.68. The summed E-state index contributed by atoms with van der Waals surface area (Å²) in [6.07, 6.45) is 5.21. The molecule has 0 saturated heterocycles. The van der Waals surface area contributed by atoms with Gasteiger partial charge in [0.2, 0.25) is 0 Å². The Hall–Kier alpha value is -3.38. The Balaban J connectivity index is 1.57. The van der Waals surface area contributed by atoms with Gasteiger partial charge in [0.25, 0.3) is 0 Å². The maximum absolute atomic E-state index is 9.36. The Morgan fingerprint density at radius 2 is 1.75 bits per heavy atom. The van der Waals surface area contributed by atoms with E-state index >= 15 is 0 Å². The molecule has 1 aromatic carbocycles. The summed E-state index contributed by atoms with van der Waals surface area (Å²) in [4.78, 5) is 9.04. The highest BCUT2D eigenvalue weighted by Gasteiger charge is 2.07. The van der Waals surface area contributed by atoms with Gasteiger partial charge in [0.15, 0.2) is 0 Å². The molecule has 0 spiro atoms. The number of aromatic nitrogens is 3. The molecule has 6 nitrogen and oxygen atoms in total. The van der Waals surface area contributed by atoms with E-state index in [1.807, 2.05) is 54.3 Å². The highest BCUT2D eigenvalue weighted by molar-refractivity contribution is 5.70. The molecule has 0 bridgehead atoms. The van der Waals surface area contributed by atoms with Crippen LogP contribution in [-0.4, -0.2) is 39.2 Å². The van der Waals surface area contributed by atoms with Crippen LogP contribution in [0.3, 0.4) is 0 Å². The quantitative estimate of drug-likeness (QED) is 0.536. The maximum Gasteiger partial charge on any atom is 0.137 e. The van der Waals surface area contributed by atoms with Crippen molar-refractivity contribution < 1.29 is 9.84 Å². The molecule has 4 rings (SSSR count). The van der Waals surface area contributed by atoms with Crippen molar-refractivity contribution in [2.24, 2.45) is 0 Å². The second kappa shape index (κ2) is 7.70. The highest BCUT2D eigenvalue weighted by atomic mass is 16.5. The summed E-state index contributed by atoms with van der Waals surface area (Å²) < 4.78 is 7.49. The van der Waals surface area contributed by atoms with Gasteiger partial charge in [0.1, 0.15) is 23.8 Å². The lowest BCUT2D eigenvalue weighted by atomic mass is 10.0. The molecular weight excluding hydrogens is 352 g/mol. The number of pyridine rings is 2. The monoisotopic (exact) mass is 374 g/mol. The molecule has 142 valence electrons. The predicted molar refractivity (Wildman–Crippen MR) is 111 cm³/mol. The molecule has 0 fully saturated rings. The summed E-state index contributed by atoms with van der Waals surface area (Å²) in [5.41, 5.74) is 4.95. The van der Waals surface area contributed by atoms with Crippen LogP contribution in [-0.2, 0) is 0 Å². The minimum Gasteiger partial charge on any atom is -0.489 e. The number of aliphatic hydroxyl groups is 1. The van der Waals surface area contributed by atoms with E-state index in [2.05, 4.69) is 39.6 Å². The van der Waals surface area contributed by atoms with E-state index in [1.54, 1.807) is 6.92 Å². The molecule has 0 radical (unpaired) electrons. The van der Waals surface area contributed by atoms with Gasteiger partial charge < -0.3 is 19.6 Å². The molecule has 0 unspecified atom stereocenters. The van der Waals surface area contributed by atoms with Crippen LogP contribution < -0.4 is 10.1 Å². The number of nitrogens with zero attached hydrogens (tertiary/aromatic N) is 3. The van der Waals surface area contributed by atoms with Gasteiger partial charge in [-0.1, -0.05) is 24.3 Å². The van der Waals surface area contributed by atoms with E-state index in [-0.39, 0.29) is 6.61 Å². The zero-order valence-corrected chi connectivity index (χ0v) is 15.8. The van der Waals surface area contributed by atoms with Gasteiger partial charge >= 0.3 is 0 Å². The third-order valence-corrected chi connectivity index (χ3v) is 4.45. The van der Waals surface area contributed by atoms with Crippen LogP contribution in [0.2, 0.25) is 0 Å². The maximum atomic E-state index is 9.36. The summed E-state index contributed by atoms with van der Waals surface area (Å²) in [6.45, 7) is 1.96. The van der Waals surface area contributed by atoms with Crippen LogP contribution in [0.1, 0.15) is 6.92 Å². The van der Waals surface area contributed by atoms with Crippen molar-refractivity contribution in [3.8, 4) is 28.1 Å². The number of fused-ring (bicyclic) bond motifs is 1. The standard InChI is InChI=1S/C22H22N4O2/c1-15(27)14-28-19-8-10-22-25-20(13-26(22)12-19)17-5-3-16(4-6-17)18-7-9-21(23-2)24-11-18/h3-13,15,27H,14H2,1-2H3,(H,23,24)/t15-/m1/s1. The van der Waals surface area contributed by atoms with E-state index in [0.717, 1.165) is 33.8 Å². The van der Waals surface area contributed by atoms with Crippen LogP contribution in [0.5, 0.6) is 5.75 Å². The smallest absolute Gasteiger partial charge is 0.137 e. The summed E-state index contributed by atoms with van der Waals surface area (Å²) in [7, 11) is 1.86. The minimum absolute atomic E-state index is 0.263. The lowest BCUT2D eigenvalue weighted by Gasteiger charge is -2.07. The Labute approximate surface area is 163 Å². The minimum atomic E-state index is -0.503. The number of hydrogen-bond acceptors (Lipinski definition) is 5. The van der Waals surface area contributed by atoms with Gasteiger partial charge in [0, 0.05) is 30.6 Å². The fourth-order valence-corrected chi connectivity index (χ4v) is 2.96. The van der Waals surface area contributed by atoms with Crippen molar-refractivity contribution in [2.75, 3.05) is 19.0 Å². The van der Waals surface area contributed by atoms with Crippen molar-refractivity contribution in [3.05, 3.63) is 67.1 Å². The van der Waals surface area contributed by atoms with E-state index in [9.17, 15) is 5.11 Å². The van der Waals surface area contributed by atoms with E-state index < -0.39 is 6.10 Å². The van der Waals surface area contributed by atoms with Crippen LogP contribution in [0.25, 0.3) is 28.0 Å². The SMILES string of the molecule is CNc1ccc(-c2ccc(-c3cn4cc(OC[C@@H](C)O)ccc4n3)cc2)cn1. The zero-order valence-electron chi connectivity index (χ0n) is 15.8. The molecule has 2 N–H and O–H groups in total. The molecule has 3 aromatic heterocycles. The largest absolute Gasteiger partial charge is 0.489 e. The normalized spacial score (nSPS) is 12.1. The number of nitrogens with one attached hydrogen (secondary N) is 1. The van der Waals surface area contributed by atoms with Crippen molar-refractivity contribution >= 4 is 11.5 Å². The Morgan fingerprint density at radius 1 is 1.00 bits per heavy atom. The topological polar surface area (TPSA) is 71.7 Å². The highest BCUT2D eigenvalue weighted by Crippen LogP contribution is 2.25. The molecular formula is C22H22N4O2. The number of imidazole rings is 1. The molecule has 4 aromatic rings. The molecule has 28 heavy (non-hydrogen) atoms. The summed E-state index contributed by atoms with van der Waals surface area (Å²) in [5, 5.41) is 12.4. The number of ether oxygens (including phenoxy) is 1. The Bertz CT molecular complexity index is 1070. The fraction of sp³-hybridized carbons (Fsp3) is 0.182. The zero-order chi connectivity index (χ0) is 19.5. The predicted octanol–water partition coefficient (Wildman–Crippen LogP) is 3.86. The Morgan fingerprint density at radius 3 is 2.43 bits per heavy atom. The van der Waals surface area contributed by atoms with Crippen LogP contribution in [0.15, 0.2) is 67.1 Å². The van der Waals surface area contributed by atoms with Crippen molar-refractivity contribution in [3.63, 3.8) is 0 Å². The third kappa shape index (κ3) is 3.82. The first kappa shape index (κ1) is 18.0. The molecule has 0 saturated carbocycles. The molecule has 3 heterocycles. The van der Waals surface area contributed by atoms with Crippen molar-refractivity contribution in [2.45, 2.75) is 13.0 Å². The van der Waals surface area contributed by atoms with E-state index in [0.29, 0.717) is 5.75 Å². The van der Waals surface area contributed by atoms with Gasteiger partial charge in [-0.3, -0.25) is 0 Å². The summed E-state index contributed by atoms with van der Waals surface area (Å²) in [6, 6.07) is 16.1. The van der Waals surface area contributed by atoms with E-state index in [4.69, 9.17) is 4.74 Å². The Kier molecular flexibility index (Phi) is 4.95. The van der Waals surface area contributed by atoms with Crippen LogP contribution >= 0.6 is 0 Å². The molecule has 0 aliphatic heterocycles. The molecule has 0 aliphatic carbocycles. The lowest BCUT2D eigenvalue weighted by molar-refractivity contribution is 0.122. The first-order chi connectivity index (χ1) is 13.6. The van der Waals surface area contributed by atoms with Crippen LogP contribution in [0, 0.1) is 0 Å². The van der Waals surface area contributed by atoms with Crippen molar-refractivity contribution in [1.82, 2.24) is 14.4 Å². The summed E-state index contributed by atoms with van der Waals surface area (Å²) >= 11 is 0. The van der Waals surface area contributed by atoms with Gasteiger partial charge in [-0.2, -0.15) is 0 Å². The van der Waals surface area contributed by atoms with Gasteiger partial charge in [-0.25, -0.2) is 9.97 Å². The average Bonchev–Trinajstić information content (AvgIpc) is 3.16. The summed E-state index contributed by atoms with van der Waals surface area (Å²) in [5.74, 6) is 1.55. The van der Waals surface area contributed by atoms with Crippen molar-refractivity contribution in [1.29, 1.82) is 0 Å². The number of hydrogen-bond donors (Lipinski definition) is 2. The second-order valence-corrected chi connectivity index (χ2v) is 6.68. The fourth-order valence-electron chi connectivity index (χ4n) is 2.96. The molecule has 0 aliphatic rings. The number of aliphatic hydroxyl groups excluding tert-OH is 1. The van der Waals surface area contributed by atoms with E-state index in [1.165, 1.54) is 0 Å². The number of anilines is 1. The average molecular weight is 374 g/mol. The third-order valence-electron chi connectivity index (χ3n) is 4.45.